The largest absolute Gasteiger partial charge is 0.347 e. The number of carbonyl (C=O) groups is 1. The Hall–Kier alpha value is -3.27. The predicted octanol–water partition coefficient (Wildman–Crippen LogP) is 4.06. The SMILES string of the molecule is CC(Cn1ncc2cc(C#N)ccc21)NC(=O)C(C)(F)F.Cc1ccccc1. The van der Waals surface area contributed by atoms with E-state index in [1.165, 1.54) is 5.56 Å². The zero-order chi connectivity index (χ0) is 20.7. The molecule has 3 aromatic rings. The van der Waals surface area contributed by atoms with Crippen molar-refractivity contribution in [3.63, 3.8) is 0 Å². The summed E-state index contributed by atoms with van der Waals surface area (Å²) in [4.78, 5) is 11.2. The lowest BCUT2D eigenvalue weighted by molar-refractivity contribution is -0.143. The number of alkyl halides is 2. The maximum Gasteiger partial charge on any atom is 0.321 e. The summed E-state index contributed by atoms with van der Waals surface area (Å²) >= 11 is 0. The number of nitriles is 1. The van der Waals surface area contributed by atoms with Crippen LogP contribution in [0.15, 0.2) is 54.7 Å². The molecule has 0 fully saturated rings. The molecule has 0 aliphatic rings. The number of fused-ring (bicyclic) bond motifs is 1. The Labute approximate surface area is 162 Å². The first-order valence-electron chi connectivity index (χ1n) is 8.77. The van der Waals surface area contributed by atoms with Crippen molar-refractivity contribution in [1.82, 2.24) is 15.1 Å². The number of rotatable bonds is 4. The van der Waals surface area contributed by atoms with Crippen molar-refractivity contribution in [2.45, 2.75) is 39.3 Å². The van der Waals surface area contributed by atoms with Gasteiger partial charge in [0.25, 0.3) is 5.91 Å². The molecule has 0 aliphatic carbocycles. The van der Waals surface area contributed by atoms with Gasteiger partial charge in [0.15, 0.2) is 0 Å². The molecular formula is C21H22F2N4O. The zero-order valence-electron chi connectivity index (χ0n) is 16.0. The fourth-order valence-corrected chi connectivity index (χ4v) is 2.49. The van der Waals surface area contributed by atoms with Gasteiger partial charge in [-0.2, -0.15) is 19.1 Å². The van der Waals surface area contributed by atoms with E-state index in [0.29, 0.717) is 12.5 Å². The number of hydrogen-bond acceptors (Lipinski definition) is 3. The van der Waals surface area contributed by atoms with Crippen LogP contribution >= 0.6 is 0 Å². The van der Waals surface area contributed by atoms with Gasteiger partial charge in [-0.1, -0.05) is 35.9 Å². The van der Waals surface area contributed by atoms with Crippen molar-refractivity contribution in [2.24, 2.45) is 0 Å². The van der Waals surface area contributed by atoms with Crippen LogP contribution in [0.4, 0.5) is 8.78 Å². The van der Waals surface area contributed by atoms with Gasteiger partial charge in [0.2, 0.25) is 0 Å². The summed E-state index contributed by atoms with van der Waals surface area (Å²) in [7, 11) is 0. The van der Waals surface area contributed by atoms with E-state index in [0.717, 1.165) is 10.9 Å². The number of halogens is 2. The van der Waals surface area contributed by atoms with Crippen molar-refractivity contribution in [3.8, 4) is 6.07 Å². The molecule has 1 unspecified atom stereocenters. The van der Waals surface area contributed by atoms with Crippen molar-refractivity contribution >= 4 is 16.8 Å². The third kappa shape index (κ3) is 5.88. The Balaban J connectivity index is 0.000000336. The molecule has 7 heteroatoms. The third-order valence-corrected chi connectivity index (χ3v) is 3.93. The molecule has 0 radical (unpaired) electrons. The Bertz CT molecular complexity index is 971. The van der Waals surface area contributed by atoms with E-state index in [-0.39, 0.29) is 6.54 Å². The van der Waals surface area contributed by atoms with E-state index in [9.17, 15) is 13.6 Å². The van der Waals surface area contributed by atoms with Crippen LogP contribution in [0, 0.1) is 18.3 Å². The number of nitrogens with zero attached hydrogens (tertiary/aromatic N) is 3. The number of benzene rings is 2. The molecule has 1 N–H and O–H groups in total. The molecule has 0 bridgehead atoms. The quantitative estimate of drug-likeness (QED) is 0.737. The van der Waals surface area contributed by atoms with Crippen LogP contribution in [0.25, 0.3) is 10.9 Å². The van der Waals surface area contributed by atoms with E-state index < -0.39 is 17.9 Å². The summed E-state index contributed by atoms with van der Waals surface area (Å²) in [6, 6.07) is 16.9. The lowest BCUT2D eigenvalue weighted by Crippen LogP contribution is -2.44. The smallest absolute Gasteiger partial charge is 0.321 e. The summed E-state index contributed by atoms with van der Waals surface area (Å²) in [5.74, 6) is -4.71. The fourth-order valence-electron chi connectivity index (χ4n) is 2.49. The van der Waals surface area contributed by atoms with Crippen molar-refractivity contribution in [3.05, 3.63) is 65.9 Å². The van der Waals surface area contributed by atoms with E-state index in [1.54, 1.807) is 36.0 Å². The average molecular weight is 384 g/mol. The van der Waals surface area contributed by atoms with Gasteiger partial charge in [-0.15, -0.1) is 0 Å². The summed E-state index contributed by atoms with van der Waals surface area (Å²) in [6.45, 7) is 4.53. The molecule has 146 valence electrons. The molecule has 1 atom stereocenters. The maximum absolute atomic E-state index is 12.8. The number of hydrogen-bond donors (Lipinski definition) is 1. The molecule has 0 spiro atoms. The predicted molar refractivity (Wildman–Crippen MR) is 104 cm³/mol. The number of aryl methyl sites for hydroxylation is 1. The first-order valence-corrected chi connectivity index (χ1v) is 8.77. The highest BCUT2D eigenvalue weighted by molar-refractivity contribution is 5.83. The highest BCUT2D eigenvalue weighted by Gasteiger charge is 2.32. The van der Waals surface area contributed by atoms with Gasteiger partial charge in [-0.25, -0.2) is 0 Å². The van der Waals surface area contributed by atoms with Crippen LogP contribution in [0.2, 0.25) is 0 Å². The van der Waals surface area contributed by atoms with Crippen LogP contribution in [-0.2, 0) is 11.3 Å². The summed E-state index contributed by atoms with van der Waals surface area (Å²) < 4.78 is 27.3. The number of carbonyl (C=O) groups excluding carboxylic acids is 1. The summed E-state index contributed by atoms with van der Waals surface area (Å²) in [5.41, 5.74) is 2.62. The van der Waals surface area contributed by atoms with Crippen LogP contribution in [0.5, 0.6) is 0 Å². The van der Waals surface area contributed by atoms with Gasteiger partial charge in [-0.05, 0) is 32.0 Å². The minimum Gasteiger partial charge on any atom is -0.347 e. The molecule has 1 amide bonds. The lowest BCUT2D eigenvalue weighted by atomic mass is 10.2. The van der Waals surface area contributed by atoms with Crippen molar-refractivity contribution < 1.29 is 13.6 Å². The molecule has 0 saturated heterocycles. The lowest BCUT2D eigenvalue weighted by Gasteiger charge is -2.17. The Morgan fingerprint density at radius 1 is 1.29 bits per heavy atom. The Morgan fingerprint density at radius 2 is 1.96 bits per heavy atom. The minimum absolute atomic E-state index is 0.261. The molecular weight excluding hydrogens is 362 g/mol. The molecule has 5 nitrogen and oxygen atoms in total. The maximum atomic E-state index is 12.8. The molecule has 1 aromatic heterocycles. The van der Waals surface area contributed by atoms with E-state index in [2.05, 4.69) is 29.5 Å². The van der Waals surface area contributed by atoms with Gasteiger partial charge >= 0.3 is 5.92 Å². The number of amides is 1. The second-order valence-electron chi connectivity index (χ2n) is 6.63. The average Bonchev–Trinajstić information content (AvgIpc) is 3.04. The molecule has 0 aliphatic heterocycles. The fraction of sp³-hybridized carbons (Fsp3) is 0.286. The molecule has 1 heterocycles. The Kier molecular flexibility index (Phi) is 6.83. The first-order chi connectivity index (χ1) is 13.2. The molecule has 0 saturated carbocycles. The van der Waals surface area contributed by atoms with E-state index in [1.807, 2.05) is 24.3 Å². The number of aromatic nitrogens is 2. The summed E-state index contributed by atoms with van der Waals surface area (Å²) in [6.07, 6.45) is 1.60. The van der Waals surface area contributed by atoms with Crippen LogP contribution in [0.1, 0.15) is 25.0 Å². The van der Waals surface area contributed by atoms with Crippen LogP contribution in [-0.4, -0.2) is 27.7 Å². The standard InChI is InChI=1S/C14H14F2N4O.C7H8/c1-9(19-13(21)14(2,15)16)8-20-12-4-3-10(6-17)5-11(12)7-18-20;1-7-5-3-2-4-6-7/h3-5,7,9H,8H2,1-2H3,(H,19,21);2-6H,1H3. The van der Waals surface area contributed by atoms with Crippen LogP contribution < -0.4 is 5.32 Å². The van der Waals surface area contributed by atoms with Gasteiger partial charge in [0.1, 0.15) is 0 Å². The Morgan fingerprint density at radius 3 is 2.50 bits per heavy atom. The first kappa shape index (κ1) is 21.0. The number of nitrogens with one attached hydrogen (secondary N) is 1. The minimum atomic E-state index is -3.40. The topological polar surface area (TPSA) is 70.7 Å². The third-order valence-electron chi connectivity index (χ3n) is 3.93. The van der Waals surface area contributed by atoms with Crippen molar-refractivity contribution in [1.29, 1.82) is 5.26 Å². The molecule has 28 heavy (non-hydrogen) atoms. The molecule has 2 aromatic carbocycles. The highest BCUT2D eigenvalue weighted by Crippen LogP contribution is 2.16. The van der Waals surface area contributed by atoms with Gasteiger partial charge in [0.05, 0.1) is 29.9 Å². The van der Waals surface area contributed by atoms with Crippen LogP contribution in [0.3, 0.4) is 0 Å². The monoisotopic (exact) mass is 384 g/mol. The molecule has 3 rings (SSSR count). The highest BCUT2D eigenvalue weighted by atomic mass is 19.3. The zero-order valence-corrected chi connectivity index (χ0v) is 16.0. The second kappa shape index (κ2) is 9.09. The van der Waals surface area contributed by atoms with E-state index >= 15 is 0 Å². The van der Waals surface area contributed by atoms with Crippen molar-refractivity contribution in [2.75, 3.05) is 0 Å². The second-order valence-corrected chi connectivity index (χ2v) is 6.63. The summed E-state index contributed by atoms with van der Waals surface area (Å²) in [5, 5.41) is 16.0. The normalized spacial score (nSPS) is 11.9. The van der Waals surface area contributed by atoms with Gasteiger partial charge in [-0.3, -0.25) is 9.48 Å². The van der Waals surface area contributed by atoms with Gasteiger partial charge < -0.3 is 5.32 Å². The van der Waals surface area contributed by atoms with E-state index in [4.69, 9.17) is 5.26 Å². The van der Waals surface area contributed by atoms with Gasteiger partial charge in [0, 0.05) is 18.4 Å².